The van der Waals surface area contributed by atoms with E-state index in [-0.39, 0.29) is 30.8 Å². The fraction of sp³-hybridized carbons (Fsp3) is 0.517. The molecule has 0 bridgehead atoms. The van der Waals surface area contributed by atoms with Crippen molar-refractivity contribution in [2.45, 2.75) is 31.6 Å². The summed E-state index contributed by atoms with van der Waals surface area (Å²) in [4.78, 5) is 32.1. The molecule has 0 aliphatic carbocycles. The highest BCUT2D eigenvalue weighted by molar-refractivity contribution is 6.35. The van der Waals surface area contributed by atoms with Crippen molar-refractivity contribution in [3.63, 3.8) is 0 Å². The number of methoxy groups -OCH3 is 1. The van der Waals surface area contributed by atoms with Crippen LogP contribution in [0.5, 0.6) is 0 Å². The van der Waals surface area contributed by atoms with E-state index >= 15 is 0 Å². The van der Waals surface area contributed by atoms with Gasteiger partial charge < -0.3 is 30.1 Å². The van der Waals surface area contributed by atoms with Crippen LogP contribution in [0.4, 0.5) is 18.9 Å². The Morgan fingerprint density at radius 1 is 1.10 bits per heavy atom. The Morgan fingerprint density at radius 2 is 1.83 bits per heavy atom. The van der Waals surface area contributed by atoms with Gasteiger partial charge in [-0.25, -0.2) is 0 Å². The standard InChI is InChI=1S/C29H36Cl2F3N5O3/c1-19(36-8-14-42-2)23-16-21(29(32,33)34)4-6-25(23)37-10-12-38(13-11-37)28(41)26(39-9-7-35-18-27(39)40)15-20-3-5-22(30)17-24(20)31/h3-6,16-17,19,26,35-36H,7-15,18H2,1-2H3. The maximum atomic E-state index is 13.9. The lowest BCUT2D eigenvalue weighted by Gasteiger charge is -2.41. The zero-order valence-electron chi connectivity index (χ0n) is 23.6. The highest BCUT2D eigenvalue weighted by Crippen LogP contribution is 2.36. The predicted octanol–water partition coefficient (Wildman–Crippen LogP) is 4.00. The monoisotopic (exact) mass is 629 g/mol. The summed E-state index contributed by atoms with van der Waals surface area (Å²) in [5.41, 5.74) is 1.23. The first-order valence-electron chi connectivity index (χ1n) is 13.9. The van der Waals surface area contributed by atoms with Crippen LogP contribution >= 0.6 is 23.2 Å². The molecule has 230 valence electrons. The van der Waals surface area contributed by atoms with E-state index in [1.807, 2.05) is 11.8 Å². The summed E-state index contributed by atoms with van der Waals surface area (Å²) >= 11 is 12.5. The molecule has 0 spiro atoms. The summed E-state index contributed by atoms with van der Waals surface area (Å²) in [6.07, 6.45) is -4.22. The third kappa shape index (κ3) is 7.87. The summed E-state index contributed by atoms with van der Waals surface area (Å²) in [6.45, 7) is 5.43. The second-order valence-corrected chi connectivity index (χ2v) is 11.3. The van der Waals surface area contributed by atoms with E-state index in [0.717, 1.165) is 6.07 Å². The average Bonchev–Trinajstić information content (AvgIpc) is 2.96. The van der Waals surface area contributed by atoms with Crippen LogP contribution in [0.15, 0.2) is 36.4 Å². The lowest BCUT2D eigenvalue weighted by molar-refractivity contribution is -0.146. The Hall–Kier alpha value is -2.57. The Morgan fingerprint density at radius 3 is 2.48 bits per heavy atom. The fourth-order valence-electron chi connectivity index (χ4n) is 5.41. The quantitative estimate of drug-likeness (QED) is 0.387. The van der Waals surface area contributed by atoms with Gasteiger partial charge in [0.05, 0.1) is 18.7 Å². The molecule has 2 aromatic rings. The molecule has 0 radical (unpaired) electrons. The van der Waals surface area contributed by atoms with Crippen molar-refractivity contribution in [2.75, 3.05) is 71.0 Å². The van der Waals surface area contributed by atoms with Gasteiger partial charge in [-0.05, 0) is 48.4 Å². The van der Waals surface area contributed by atoms with Gasteiger partial charge in [0, 0.05) is 81.1 Å². The van der Waals surface area contributed by atoms with Gasteiger partial charge >= 0.3 is 6.18 Å². The lowest BCUT2D eigenvalue weighted by atomic mass is 10.00. The van der Waals surface area contributed by atoms with E-state index in [1.165, 1.54) is 12.1 Å². The summed E-state index contributed by atoms with van der Waals surface area (Å²) in [5.74, 6) is -0.342. The fourth-order valence-corrected chi connectivity index (χ4v) is 5.89. The number of nitrogens with zero attached hydrogens (tertiary/aromatic N) is 3. The molecule has 2 atom stereocenters. The molecular formula is C29H36Cl2F3N5O3. The van der Waals surface area contributed by atoms with Gasteiger partial charge in [-0.3, -0.25) is 9.59 Å². The maximum absolute atomic E-state index is 13.9. The van der Waals surface area contributed by atoms with E-state index in [0.29, 0.717) is 79.3 Å². The Balaban J connectivity index is 1.52. The molecule has 2 aliphatic heterocycles. The molecule has 2 unspecified atom stereocenters. The number of hydrogen-bond donors (Lipinski definition) is 2. The Kier molecular flexibility index (Phi) is 11.0. The number of alkyl halides is 3. The van der Waals surface area contributed by atoms with Crippen LogP contribution in [0.2, 0.25) is 10.0 Å². The molecular weight excluding hydrogens is 594 g/mol. The number of benzene rings is 2. The molecule has 0 aromatic heterocycles. The van der Waals surface area contributed by atoms with Crippen LogP contribution in [-0.2, 0) is 26.9 Å². The number of amides is 2. The molecule has 2 aromatic carbocycles. The molecule has 2 fully saturated rings. The molecule has 13 heteroatoms. The van der Waals surface area contributed by atoms with Gasteiger partial charge in [0.25, 0.3) is 0 Å². The zero-order valence-corrected chi connectivity index (χ0v) is 25.2. The highest BCUT2D eigenvalue weighted by Gasteiger charge is 2.37. The normalized spacial score (nSPS) is 17.9. The number of ether oxygens (including phenoxy) is 1. The van der Waals surface area contributed by atoms with E-state index in [9.17, 15) is 22.8 Å². The topological polar surface area (TPSA) is 77.2 Å². The third-order valence-corrected chi connectivity index (χ3v) is 8.31. The maximum Gasteiger partial charge on any atom is 0.416 e. The summed E-state index contributed by atoms with van der Waals surface area (Å²) in [5, 5.41) is 7.17. The molecule has 2 amide bonds. The number of carbonyl (C=O) groups is 2. The van der Waals surface area contributed by atoms with Gasteiger partial charge in [0.1, 0.15) is 6.04 Å². The van der Waals surface area contributed by atoms with Crippen molar-refractivity contribution < 1.29 is 27.5 Å². The average molecular weight is 631 g/mol. The highest BCUT2D eigenvalue weighted by atomic mass is 35.5. The molecule has 4 rings (SSSR count). The summed E-state index contributed by atoms with van der Waals surface area (Å²) < 4.78 is 45.8. The molecule has 42 heavy (non-hydrogen) atoms. The molecule has 2 aliphatic rings. The first-order chi connectivity index (χ1) is 20.0. The van der Waals surface area contributed by atoms with Crippen LogP contribution in [0.3, 0.4) is 0 Å². The molecule has 0 saturated carbocycles. The second kappa shape index (κ2) is 14.3. The van der Waals surface area contributed by atoms with Crippen LogP contribution in [-0.4, -0.2) is 93.7 Å². The van der Waals surface area contributed by atoms with Gasteiger partial charge in [0.2, 0.25) is 11.8 Å². The minimum Gasteiger partial charge on any atom is -0.383 e. The third-order valence-electron chi connectivity index (χ3n) is 7.73. The molecule has 2 N–H and O–H groups in total. The minimum atomic E-state index is -4.46. The predicted molar refractivity (Wildman–Crippen MR) is 157 cm³/mol. The van der Waals surface area contributed by atoms with E-state index in [2.05, 4.69) is 10.6 Å². The van der Waals surface area contributed by atoms with Crippen molar-refractivity contribution in [3.05, 3.63) is 63.1 Å². The number of carbonyl (C=O) groups excluding carboxylic acids is 2. The first-order valence-corrected chi connectivity index (χ1v) is 14.7. The van der Waals surface area contributed by atoms with Crippen molar-refractivity contribution in [2.24, 2.45) is 0 Å². The Labute approximate surface area is 254 Å². The van der Waals surface area contributed by atoms with Crippen LogP contribution in [0, 0.1) is 0 Å². The zero-order chi connectivity index (χ0) is 30.4. The van der Waals surface area contributed by atoms with Crippen molar-refractivity contribution in [3.8, 4) is 0 Å². The van der Waals surface area contributed by atoms with Gasteiger partial charge in [-0.15, -0.1) is 0 Å². The number of nitrogens with one attached hydrogen (secondary N) is 2. The number of piperazine rings is 2. The van der Waals surface area contributed by atoms with E-state index in [4.69, 9.17) is 27.9 Å². The summed E-state index contributed by atoms with van der Waals surface area (Å²) in [7, 11) is 1.56. The van der Waals surface area contributed by atoms with Crippen LogP contribution in [0.25, 0.3) is 0 Å². The van der Waals surface area contributed by atoms with Crippen LogP contribution < -0.4 is 15.5 Å². The SMILES string of the molecule is COCCNC(C)c1cc(C(F)(F)F)ccc1N1CCN(C(=O)C(Cc2ccc(Cl)cc2Cl)N2CCNCC2=O)CC1. The summed E-state index contributed by atoms with van der Waals surface area (Å²) in [6, 6.07) is 7.79. The second-order valence-electron chi connectivity index (χ2n) is 10.5. The van der Waals surface area contributed by atoms with Crippen molar-refractivity contribution in [1.29, 1.82) is 0 Å². The lowest BCUT2D eigenvalue weighted by Crippen LogP contribution is -2.60. The van der Waals surface area contributed by atoms with Gasteiger partial charge in [-0.1, -0.05) is 29.3 Å². The van der Waals surface area contributed by atoms with Crippen molar-refractivity contribution in [1.82, 2.24) is 20.4 Å². The molecule has 2 saturated heterocycles. The smallest absolute Gasteiger partial charge is 0.383 e. The molecule has 2 heterocycles. The van der Waals surface area contributed by atoms with Crippen molar-refractivity contribution >= 4 is 40.7 Å². The van der Waals surface area contributed by atoms with E-state index < -0.39 is 17.8 Å². The number of rotatable bonds is 10. The van der Waals surface area contributed by atoms with Gasteiger partial charge in [-0.2, -0.15) is 13.2 Å². The Bertz CT molecular complexity index is 1260. The largest absolute Gasteiger partial charge is 0.416 e. The first kappa shape index (κ1) is 32.3. The number of halogens is 5. The van der Waals surface area contributed by atoms with Gasteiger partial charge in [0.15, 0.2) is 0 Å². The van der Waals surface area contributed by atoms with Crippen LogP contribution in [0.1, 0.15) is 29.7 Å². The minimum absolute atomic E-state index is 0.152. The number of hydrogen-bond acceptors (Lipinski definition) is 6. The molecule has 8 nitrogen and oxygen atoms in total. The van der Waals surface area contributed by atoms with E-state index in [1.54, 1.807) is 35.1 Å². The number of anilines is 1.